The number of ether oxygens (including phenoxy) is 2. The Morgan fingerprint density at radius 1 is 1.17 bits per heavy atom. The third kappa shape index (κ3) is 2.85. The molecule has 18 heavy (non-hydrogen) atoms. The molecule has 0 aliphatic rings. The standard InChI is InChI=1S/C14H13NO3/c1-10-7-8-15-13(9-10)18-12-5-3-11(4-6-12)14(16)17-2/h3-9H,1-2H3. The van der Waals surface area contributed by atoms with E-state index in [4.69, 9.17) is 4.74 Å². The fourth-order valence-electron chi connectivity index (χ4n) is 1.46. The average Bonchev–Trinajstić information content (AvgIpc) is 2.39. The van der Waals surface area contributed by atoms with Crippen molar-refractivity contribution in [2.45, 2.75) is 6.92 Å². The van der Waals surface area contributed by atoms with E-state index in [1.807, 2.05) is 19.1 Å². The summed E-state index contributed by atoms with van der Waals surface area (Å²) in [5.74, 6) is 0.789. The Labute approximate surface area is 105 Å². The van der Waals surface area contributed by atoms with Gasteiger partial charge < -0.3 is 9.47 Å². The summed E-state index contributed by atoms with van der Waals surface area (Å²) in [5, 5.41) is 0. The molecule has 1 aromatic heterocycles. The monoisotopic (exact) mass is 243 g/mol. The molecule has 4 heteroatoms. The fraction of sp³-hybridized carbons (Fsp3) is 0.143. The summed E-state index contributed by atoms with van der Waals surface area (Å²) in [7, 11) is 1.35. The first-order chi connectivity index (χ1) is 8.69. The van der Waals surface area contributed by atoms with Crippen molar-refractivity contribution >= 4 is 5.97 Å². The lowest BCUT2D eigenvalue weighted by Gasteiger charge is -2.05. The van der Waals surface area contributed by atoms with Crippen LogP contribution in [0.3, 0.4) is 0 Å². The summed E-state index contributed by atoms with van der Waals surface area (Å²) in [5.41, 5.74) is 1.56. The molecule has 1 heterocycles. The highest BCUT2D eigenvalue weighted by Crippen LogP contribution is 2.20. The molecule has 4 nitrogen and oxygen atoms in total. The predicted molar refractivity (Wildman–Crippen MR) is 66.8 cm³/mol. The molecule has 0 radical (unpaired) electrons. The number of carbonyl (C=O) groups excluding carboxylic acids is 1. The smallest absolute Gasteiger partial charge is 0.337 e. The van der Waals surface area contributed by atoms with Gasteiger partial charge in [-0.25, -0.2) is 9.78 Å². The number of hydrogen-bond donors (Lipinski definition) is 0. The summed E-state index contributed by atoms with van der Waals surface area (Å²) < 4.78 is 10.2. The minimum absolute atomic E-state index is 0.366. The quantitative estimate of drug-likeness (QED) is 0.777. The SMILES string of the molecule is COC(=O)c1ccc(Oc2cc(C)ccn2)cc1. The number of pyridine rings is 1. The van der Waals surface area contributed by atoms with Gasteiger partial charge in [-0.1, -0.05) is 0 Å². The van der Waals surface area contributed by atoms with Crippen LogP contribution in [0.2, 0.25) is 0 Å². The second kappa shape index (κ2) is 5.31. The van der Waals surface area contributed by atoms with Crippen LogP contribution < -0.4 is 4.74 Å². The molecule has 1 aromatic carbocycles. The lowest BCUT2D eigenvalue weighted by Crippen LogP contribution is -2.00. The van der Waals surface area contributed by atoms with Gasteiger partial charge >= 0.3 is 5.97 Å². The molecule has 2 rings (SSSR count). The fourth-order valence-corrected chi connectivity index (χ4v) is 1.46. The molecule has 0 aliphatic heterocycles. The maximum atomic E-state index is 11.3. The van der Waals surface area contributed by atoms with Crippen molar-refractivity contribution in [3.05, 3.63) is 53.7 Å². The number of nitrogens with zero attached hydrogens (tertiary/aromatic N) is 1. The number of esters is 1. The largest absolute Gasteiger partial charge is 0.465 e. The first-order valence-electron chi connectivity index (χ1n) is 5.48. The van der Waals surface area contributed by atoms with Crippen molar-refractivity contribution in [1.29, 1.82) is 0 Å². The topological polar surface area (TPSA) is 48.4 Å². The van der Waals surface area contributed by atoms with Gasteiger partial charge in [-0.05, 0) is 42.8 Å². The molecule has 0 bridgehead atoms. The van der Waals surface area contributed by atoms with Crippen LogP contribution >= 0.6 is 0 Å². The van der Waals surface area contributed by atoms with Gasteiger partial charge in [0.1, 0.15) is 5.75 Å². The number of rotatable bonds is 3. The maximum Gasteiger partial charge on any atom is 0.337 e. The molecular formula is C14H13NO3. The van der Waals surface area contributed by atoms with E-state index in [0.717, 1.165) is 5.56 Å². The maximum absolute atomic E-state index is 11.3. The van der Waals surface area contributed by atoms with Crippen molar-refractivity contribution in [2.75, 3.05) is 7.11 Å². The zero-order chi connectivity index (χ0) is 13.0. The van der Waals surface area contributed by atoms with Crippen molar-refractivity contribution in [1.82, 2.24) is 4.98 Å². The van der Waals surface area contributed by atoms with Crippen LogP contribution in [0.4, 0.5) is 0 Å². The lowest BCUT2D eigenvalue weighted by atomic mass is 10.2. The Morgan fingerprint density at radius 2 is 1.89 bits per heavy atom. The Bertz CT molecular complexity index is 549. The van der Waals surface area contributed by atoms with Crippen molar-refractivity contribution < 1.29 is 14.3 Å². The molecule has 0 fully saturated rings. The van der Waals surface area contributed by atoms with Gasteiger partial charge in [0.25, 0.3) is 0 Å². The van der Waals surface area contributed by atoms with Crippen molar-refractivity contribution in [3.8, 4) is 11.6 Å². The summed E-state index contributed by atoms with van der Waals surface area (Å²) in [4.78, 5) is 15.3. The number of methoxy groups -OCH3 is 1. The van der Waals surface area contributed by atoms with Gasteiger partial charge in [0.2, 0.25) is 5.88 Å². The van der Waals surface area contributed by atoms with E-state index in [0.29, 0.717) is 17.2 Å². The Balaban J connectivity index is 2.13. The molecule has 0 aliphatic carbocycles. The van der Waals surface area contributed by atoms with Crippen LogP contribution in [0, 0.1) is 6.92 Å². The first-order valence-corrected chi connectivity index (χ1v) is 5.48. The molecule has 0 unspecified atom stereocenters. The van der Waals surface area contributed by atoms with Crippen LogP contribution in [0.1, 0.15) is 15.9 Å². The number of benzene rings is 1. The minimum atomic E-state index is -0.366. The number of aryl methyl sites for hydroxylation is 1. The Kier molecular flexibility index (Phi) is 3.57. The zero-order valence-electron chi connectivity index (χ0n) is 10.2. The van der Waals surface area contributed by atoms with Crippen LogP contribution in [-0.4, -0.2) is 18.1 Å². The molecule has 0 atom stereocenters. The molecule has 0 spiro atoms. The summed E-state index contributed by atoms with van der Waals surface area (Å²) in [6, 6.07) is 10.4. The molecule has 92 valence electrons. The molecule has 2 aromatic rings. The highest BCUT2D eigenvalue weighted by atomic mass is 16.5. The van der Waals surface area contributed by atoms with Crippen molar-refractivity contribution in [2.24, 2.45) is 0 Å². The molecule has 0 saturated carbocycles. The van der Waals surface area contributed by atoms with Gasteiger partial charge in [-0.2, -0.15) is 0 Å². The van der Waals surface area contributed by atoms with E-state index >= 15 is 0 Å². The second-order valence-corrected chi connectivity index (χ2v) is 3.79. The second-order valence-electron chi connectivity index (χ2n) is 3.79. The van der Waals surface area contributed by atoms with Gasteiger partial charge in [-0.15, -0.1) is 0 Å². The summed E-state index contributed by atoms with van der Waals surface area (Å²) >= 11 is 0. The molecule has 0 N–H and O–H groups in total. The van der Waals surface area contributed by atoms with E-state index in [1.165, 1.54) is 7.11 Å². The third-order valence-corrected chi connectivity index (χ3v) is 2.39. The van der Waals surface area contributed by atoms with Crippen molar-refractivity contribution in [3.63, 3.8) is 0 Å². The third-order valence-electron chi connectivity index (χ3n) is 2.39. The van der Waals surface area contributed by atoms with E-state index in [2.05, 4.69) is 9.72 Å². The highest BCUT2D eigenvalue weighted by molar-refractivity contribution is 5.89. The number of hydrogen-bond acceptors (Lipinski definition) is 4. The molecular weight excluding hydrogens is 230 g/mol. The van der Waals surface area contributed by atoms with Crippen LogP contribution in [0.25, 0.3) is 0 Å². The highest BCUT2D eigenvalue weighted by Gasteiger charge is 2.05. The number of carbonyl (C=O) groups is 1. The molecule has 0 amide bonds. The Morgan fingerprint density at radius 3 is 2.50 bits per heavy atom. The van der Waals surface area contributed by atoms with E-state index in [9.17, 15) is 4.79 Å². The summed E-state index contributed by atoms with van der Waals surface area (Å²) in [6.07, 6.45) is 1.69. The predicted octanol–water partition coefficient (Wildman–Crippen LogP) is 2.97. The van der Waals surface area contributed by atoms with Crippen LogP contribution in [0.15, 0.2) is 42.6 Å². The lowest BCUT2D eigenvalue weighted by molar-refractivity contribution is 0.0600. The normalized spacial score (nSPS) is 9.89. The van der Waals surface area contributed by atoms with Crippen LogP contribution in [0.5, 0.6) is 11.6 Å². The molecule has 0 saturated heterocycles. The van der Waals surface area contributed by atoms with Crippen LogP contribution in [-0.2, 0) is 4.74 Å². The van der Waals surface area contributed by atoms with Gasteiger partial charge in [-0.3, -0.25) is 0 Å². The average molecular weight is 243 g/mol. The van der Waals surface area contributed by atoms with Gasteiger partial charge in [0, 0.05) is 12.3 Å². The first kappa shape index (κ1) is 12.1. The summed E-state index contributed by atoms with van der Waals surface area (Å²) in [6.45, 7) is 1.97. The van der Waals surface area contributed by atoms with E-state index in [1.54, 1.807) is 30.5 Å². The Hall–Kier alpha value is -2.36. The zero-order valence-corrected chi connectivity index (χ0v) is 10.2. The van der Waals surface area contributed by atoms with E-state index in [-0.39, 0.29) is 5.97 Å². The van der Waals surface area contributed by atoms with Gasteiger partial charge in [0.05, 0.1) is 12.7 Å². The van der Waals surface area contributed by atoms with Gasteiger partial charge in [0.15, 0.2) is 0 Å². The van der Waals surface area contributed by atoms with E-state index < -0.39 is 0 Å². The minimum Gasteiger partial charge on any atom is -0.465 e. The number of aromatic nitrogens is 1.